The maximum Gasteiger partial charge on any atom is 0.450 e. The molecule has 0 bridgehead atoms. The lowest BCUT2D eigenvalue weighted by molar-refractivity contribution is -0.170. The Morgan fingerprint density at radius 3 is 1.67 bits per heavy atom. The van der Waals surface area contributed by atoms with E-state index >= 15 is 0 Å². The molecule has 0 saturated heterocycles. The second-order valence-electron chi connectivity index (χ2n) is 10.9. The van der Waals surface area contributed by atoms with Gasteiger partial charge in [0.05, 0.1) is 29.4 Å². The minimum absolute atomic E-state index is 0.148. The van der Waals surface area contributed by atoms with Gasteiger partial charge in [-0.15, -0.1) is 0 Å². The molecule has 5 aromatic rings. The molecule has 0 saturated carbocycles. The summed E-state index contributed by atoms with van der Waals surface area (Å²) >= 11 is 0. The molecule has 0 fully saturated rings. The zero-order chi connectivity index (χ0) is 39.1. The Hall–Kier alpha value is -5.43. The largest absolute Gasteiger partial charge is 0.450 e. The molecule has 0 radical (unpaired) electrons. The molecule has 5 rings (SSSR count). The van der Waals surface area contributed by atoms with Crippen LogP contribution in [0.2, 0.25) is 0 Å². The lowest BCUT2D eigenvalue weighted by Gasteiger charge is -2.13. The fourth-order valence-electron chi connectivity index (χ4n) is 4.68. The van der Waals surface area contributed by atoms with Crippen molar-refractivity contribution in [2.45, 2.75) is 45.0 Å². The van der Waals surface area contributed by atoms with Gasteiger partial charge < -0.3 is 0 Å². The van der Waals surface area contributed by atoms with Crippen LogP contribution in [0, 0.1) is 25.5 Å². The minimum atomic E-state index is -5.24. The predicted octanol–water partition coefficient (Wildman–Crippen LogP) is 9.80. The molecule has 0 amide bonds. The quantitative estimate of drug-likeness (QED) is 0.101. The number of hydrogen-bond donors (Lipinski definition) is 0. The van der Waals surface area contributed by atoms with Crippen molar-refractivity contribution in [3.63, 3.8) is 0 Å². The summed E-state index contributed by atoms with van der Waals surface area (Å²) in [6, 6.07) is 6.64. The van der Waals surface area contributed by atoms with E-state index in [4.69, 9.17) is 0 Å². The first kappa shape index (κ1) is 39.4. The fourth-order valence-corrected chi connectivity index (χ4v) is 4.68. The standard InChI is InChI=1S/C21H13F7N4.C11H5F7O2/c1-10-5-13(6-11(2)30-10)14-9-29-32-18(21(26,27)28)8-17(31-19(14)32)12-3-4-15(16(22)7-12)20(23,24)25;12-7-3-5(1-2-6(7)10(13,14)15)8(19)4-9(20)11(16,17)18/h3-9H,1-2H3;1-3H,4H2. The van der Waals surface area contributed by atoms with Gasteiger partial charge in [-0.25, -0.2) is 18.3 Å². The van der Waals surface area contributed by atoms with E-state index in [1.807, 2.05) is 0 Å². The number of nitrogens with zero attached hydrogens (tertiary/aromatic N) is 4. The summed E-state index contributed by atoms with van der Waals surface area (Å²) in [5, 5.41) is 3.81. The second kappa shape index (κ2) is 13.9. The van der Waals surface area contributed by atoms with E-state index < -0.39 is 76.7 Å². The number of ketones is 2. The molecule has 3 aromatic heterocycles. The molecule has 0 aliphatic heterocycles. The van der Waals surface area contributed by atoms with E-state index in [1.165, 1.54) is 6.20 Å². The van der Waals surface area contributed by atoms with Crippen LogP contribution in [-0.2, 0) is 23.3 Å². The molecule has 0 unspecified atom stereocenters. The normalized spacial score (nSPS) is 12.5. The predicted molar refractivity (Wildman–Crippen MR) is 153 cm³/mol. The molecule has 0 atom stereocenters. The maximum atomic E-state index is 14.1. The minimum Gasteiger partial charge on any atom is -0.294 e. The van der Waals surface area contributed by atoms with Gasteiger partial charge in [0.1, 0.15) is 11.6 Å². The van der Waals surface area contributed by atoms with Crippen LogP contribution < -0.4 is 0 Å². The van der Waals surface area contributed by atoms with Crippen molar-refractivity contribution in [3.8, 4) is 22.4 Å². The molecule has 52 heavy (non-hydrogen) atoms. The SMILES string of the molecule is Cc1cc(-c2cnn3c(C(F)(F)F)cc(-c4ccc(C(F)(F)F)c(F)c4)nc23)cc(C)n1.O=C(CC(=O)C(F)(F)F)c1ccc(C(F)(F)F)c(F)c1. The van der Waals surface area contributed by atoms with Crippen molar-refractivity contribution in [3.05, 3.63) is 106 Å². The second-order valence-corrected chi connectivity index (χ2v) is 10.9. The fraction of sp³-hybridized carbons (Fsp3) is 0.219. The lowest BCUT2D eigenvalue weighted by Crippen LogP contribution is -2.25. The van der Waals surface area contributed by atoms with Crippen molar-refractivity contribution in [1.29, 1.82) is 0 Å². The molecular weight excluding hydrogens is 738 g/mol. The van der Waals surface area contributed by atoms with Crippen molar-refractivity contribution < 1.29 is 71.1 Å². The number of fused-ring (bicyclic) bond motifs is 1. The molecule has 3 heterocycles. The van der Waals surface area contributed by atoms with Gasteiger partial charge in [0.15, 0.2) is 17.1 Å². The Balaban J connectivity index is 0.000000261. The number of aromatic nitrogens is 4. The summed E-state index contributed by atoms with van der Waals surface area (Å²) in [5.41, 5.74) is -3.87. The van der Waals surface area contributed by atoms with Crippen LogP contribution in [-0.4, -0.2) is 37.3 Å². The monoisotopic (exact) mass is 756 g/mol. The first-order chi connectivity index (χ1) is 23.8. The third-order valence-corrected chi connectivity index (χ3v) is 6.96. The first-order valence-electron chi connectivity index (χ1n) is 14.1. The highest BCUT2D eigenvalue weighted by Crippen LogP contribution is 2.37. The van der Waals surface area contributed by atoms with E-state index in [2.05, 4.69) is 15.1 Å². The van der Waals surface area contributed by atoms with E-state index in [0.717, 1.165) is 6.07 Å². The van der Waals surface area contributed by atoms with E-state index in [-0.39, 0.29) is 34.6 Å². The summed E-state index contributed by atoms with van der Waals surface area (Å²) in [4.78, 5) is 30.2. The number of alkyl halides is 12. The molecule has 0 N–H and O–H groups in total. The Bertz CT molecular complexity index is 2140. The Kier molecular flexibility index (Phi) is 10.6. The average Bonchev–Trinajstić information content (AvgIpc) is 3.42. The topological polar surface area (TPSA) is 77.2 Å². The maximum absolute atomic E-state index is 14.1. The van der Waals surface area contributed by atoms with Gasteiger partial charge in [0, 0.05) is 28.1 Å². The Labute approximate surface area is 281 Å². The number of carbonyl (C=O) groups is 2. The first-order valence-corrected chi connectivity index (χ1v) is 14.1. The van der Waals surface area contributed by atoms with Crippen molar-refractivity contribution in [2.24, 2.45) is 0 Å². The van der Waals surface area contributed by atoms with Gasteiger partial charge in [-0.1, -0.05) is 12.1 Å². The molecule has 6 nitrogen and oxygen atoms in total. The van der Waals surface area contributed by atoms with Crippen LogP contribution >= 0.6 is 0 Å². The summed E-state index contributed by atoms with van der Waals surface area (Å²) in [6.07, 6.45) is -20.4. The molecule has 0 aliphatic carbocycles. The van der Waals surface area contributed by atoms with Crippen molar-refractivity contribution in [1.82, 2.24) is 19.6 Å². The van der Waals surface area contributed by atoms with Gasteiger partial charge in [0.25, 0.3) is 0 Å². The number of aryl methyl sites for hydroxylation is 2. The number of benzene rings is 2. The number of rotatable bonds is 5. The number of halogens is 14. The van der Waals surface area contributed by atoms with Crippen LogP contribution in [0.4, 0.5) is 61.5 Å². The average molecular weight is 756 g/mol. The third-order valence-electron chi connectivity index (χ3n) is 6.96. The summed E-state index contributed by atoms with van der Waals surface area (Å²) in [6.45, 7) is 3.43. The van der Waals surface area contributed by atoms with Crippen LogP contribution in [0.15, 0.2) is 60.8 Å². The van der Waals surface area contributed by atoms with E-state index in [9.17, 15) is 71.1 Å². The molecule has 20 heteroatoms. The Morgan fingerprint density at radius 2 is 1.19 bits per heavy atom. The van der Waals surface area contributed by atoms with Gasteiger partial charge in [-0.3, -0.25) is 14.6 Å². The number of carbonyl (C=O) groups excluding carboxylic acids is 2. The number of hydrogen-bond acceptors (Lipinski definition) is 5. The van der Waals surface area contributed by atoms with Gasteiger partial charge in [-0.05, 0) is 61.9 Å². The highest BCUT2D eigenvalue weighted by atomic mass is 19.4. The van der Waals surface area contributed by atoms with Gasteiger partial charge >= 0.3 is 24.7 Å². The molecule has 276 valence electrons. The lowest BCUT2D eigenvalue weighted by atomic mass is 10.0. The summed E-state index contributed by atoms with van der Waals surface area (Å²) < 4.78 is 180. The van der Waals surface area contributed by atoms with Gasteiger partial charge in [0.2, 0.25) is 5.78 Å². The van der Waals surface area contributed by atoms with Crippen LogP contribution in [0.1, 0.15) is 45.0 Å². The zero-order valence-corrected chi connectivity index (χ0v) is 25.9. The Morgan fingerprint density at radius 1 is 0.654 bits per heavy atom. The number of Topliss-reactive ketones (excluding diaryl/α,β-unsaturated/α-hetero) is 2. The molecule has 0 spiro atoms. The smallest absolute Gasteiger partial charge is 0.294 e. The number of pyridine rings is 1. The molecule has 2 aromatic carbocycles. The summed E-state index contributed by atoms with van der Waals surface area (Å²) in [5.74, 6) is -7.19. The van der Waals surface area contributed by atoms with Crippen molar-refractivity contribution >= 4 is 17.2 Å². The van der Waals surface area contributed by atoms with Crippen LogP contribution in [0.3, 0.4) is 0 Å². The third kappa shape index (κ3) is 8.89. The molecular formula is C32H18F14N4O2. The van der Waals surface area contributed by atoms with E-state index in [1.54, 1.807) is 26.0 Å². The zero-order valence-electron chi connectivity index (χ0n) is 25.9. The highest BCUT2D eigenvalue weighted by Gasteiger charge is 2.40. The summed E-state index contributed by atoms with van der Waals surface area (Å²) in [7, 11) is 0. The highest BCUT2D eigenvalue weighted by molar-refractivity contribution is 6.09. The molecule has 0 aliphatic rings. The van der Waals surface area contributed by atoms with Crippen molar-refractivity contribution in [2.75, 3.05) is 0 Å². The van der Waals surface area contributed by atoms with Crippen LogP contribution in [0.25, 0.3) is 28.0 Å². The van der Waals surface area contributed by atoms with Gasteiger partial charge in [-0.2, -0.15) is 57.8 Å². The van der Waals surface area contributed by atoms with Crippen LogP contribution in [0.5, 0.6) is 0 Å². The van der Waals surface area contributed by atoms with E-state index in [0.29, 0.717) is 45.7 Å².